The van der Waals surface area contributed by atoms with E-state index >= 15 is 0 Å². The number of aryl methyl sites for hydroxylation is 1. The molecule has 20 heavy (non-hydrogen) atoms. The quantitative estimate of drug-likeness (QED) is 0.760. The summed E-state index contributed by atoms with van der Waals surface area (Å²) in [6, 6.07) is 3.09. The molecule has 104 valence electrons. The number of aromatic nitrogens is 1. The Labute approximate surface area is 115 Å². The van der Waals surface area contributed by atoms with E-state index in [9.17, 15) is 9.59 Å². The molecular weight excluding hydrogens is 260 g/mol. The fourth-order valence-corrected chi connectivity index (χ4v) is 1.73. The average Bonchev–Trinajstić information content (AvgIpc) is 2.89. The van der Waals surface area contributed by atoms with E-state index in [1.165, 1.54) is 18.5 Å². The van der Waals surface area contributed by atoms with Crippen LogP contribution in [0.15, 0.2) is 29.0 Å². The number of primary amides is 1. The van der Waals surface area contributed by atoms with Gasteiger partial charge < -0.3 is 21.2 Å². The van der Waals surface area contributed by atoms with Crippen LogP contribution in [0.4, 0.5) is 5.69 Å². The second-order valence-electron chi connectivity index (χ2n) is 4.15. The molecular formula is C13H14N4O3. The van der Waals surface area contributed by atoms with Crippen molar-refractivity contribution in [1.82, 2.24) is 4.98 Å². The highest BCUT2D eigenvalue weighted by atomic mass is 16.3. The van der Waals surface area contributed by atoms with Crippen molar-refractivity contribution >= 4 is 17.5 Å². The number of furan rings is 1. The Hall–Kier alpha value is -2.67. The van der Waals surface area contributed by atoms with Gasteiger partial charge in [0.2, 0.25) is 0 Å². The van der Waals surface area contributed by atoms with Crippen molar-refractivity contribution in [2.45, 2.75) is 13.5 Å². The molecule has 0 atom stereocenters. The standard InChI is InChI=1S/C13H14N4O3/c1-7-10(12(15)18)4-9(6-16-7)17-13(19)11-8(5-14)2-3-20-11/h2-4,6H,5,14H2,1H3,(H2,15,18)(H,17,19). The maximum atomic E-state index is 12.0. The molecule has 2 rings (SSSR count). The minimum Gasteiger partial charge on any atom is -0.459 e. The van der Waals surface area contributed by atoms with Gasteiger partial charge in [0.1, 0.15) is 0 Å². The van der Waals surface area contributed by atoms with Gasteiger partial charge in [-0.3, -0.25) is 14.6 Å². The second kappa shape index (κ2) is 5.54. The molecule has 0 unspecified atom stereocenters. The number of hydrogen-bond acceptors (Lipinski definition) is 5. The molecule has 2 amide bonds. The molecule has 0 aliphatic carbocycles. The monoisotopic (exact) mass is 274 g/mol. The van der Waals surface area contributed by atoms with Gasteiger partial charge in [-0.15, -0.1) is 0 Å². The highest BCUT2D eigenvalue weighted by Gasteiger charge is 2.16. The smallest absolute Gasteiger partial charge is 0.291 e. The van der Waals surface area contributed by atoms with Crippen LogP contribution >= 0.6 is 0 Å². The van der Waals surface area contributed by atoms with Crippen LogP contribution in [-0.4, -0.2) is 16.8 Å². The Bertz CT molecular complexity index is 663. The van der Waals surface area contributed by atoms with Crippen LogP contribution < -0.4 is 16.8 Å². The van der Waals surface area contributed by atoms with Crippen LogP contribution in [-0.2, 0) is 6.54 Å². The summed E-state index contributed by atoms with van der Waals surface area (Å²) in [6.45, 7) is 1.85. The van der Waals surface area contributed by atoms with Gasteiger partial charge in [0.05, 0.1) is 29.4 Å². The van der Waals surface area contributed by atoms with Crippen molar-refractivity contribution in [3.05, 3.63) is 47.2 Å². The van der Waals surface area contributed by atoms with Gasteiger partial charge >= 0.3 is 0 Å². The number of nitrogens with two attached hydrogens (primary N) is 2. The van der Waals surface area contributed by atoms with E-state index in [1.807, 2.05) is 0 Å². The third-order valence-corrected chi connectivity index (χ3v) is 2.78. The molecule has 7 heteroatoms. The fourth-order valence-electron chi connectivity index (χ4n) is 1.73. The molecule has 2 aromatic heterocycles. The average molecular weight is 274 g/mol. The summed E-state index contributed by atoms with van der Waals surface area (Å²) in [4.78, 5) is 27.2. The molecule has 2 aromatic rings. The molecule has 0 aliphatic rings. The third kappa shape index (κ3) is 2.67. The minimum absolute atomic E-state index is 0.133. The first-order valence-electron chi connectivity index (χ1n) is 5.87. The number of nitrogens with zero attached hydrogens (tertiary/aromatic N) is 1. The van der Waals surface area contributed by atoms with Gasteiger partial charge in [-0.05, 0) is 19.1 Å². The zero-order valence-electron chi connectivity index (χ0n) is 10.8. The molecule has 2 heterocycles. The Kier molecular flexibility index (Phi) is 3.81. The van der Waals surface area contributed by atoms with Gasteiger partial charge in [-0.2, -0.15) is 0 Å². The van der Waals surface area contributed by atoms with Crippen LogP contribution in [0.2, 0.25) is 0 Å². The third-order valence-electron chi connectivity index (χ3n) is 2.78. The Morgan fingerprint density at radius 1 is 1.45 bits per heavy atom. The fraction of sp³-hybridized carbons (Fsp3) is 0.154. The van der Waals surface area contributed by atoms with E-state index in [-0.39, 0.29) is 17.9 Å². The topological polar surface area (TPSA) is 124 Å². The Morgan fingerprint density at radius 3 is 2.85 bits per heavy atom. The van der Waals surface area contributed by atoms with Gasteiger partial charge in [0.25, 0.3) is 11.8 Å². The zero-order chi connectivity index (χ0) is 14.7. The van der Waals surface area contributed by atoms with E-state index in [2.05, 4.69) is 10.3 Å². The highest BCUT2D eigenvalue weighted by Crippen LogP contribution is 2.15. The summed E-state index contributed by atoms with van der Waals surface area (Å²) in [7, 11) is 0. The van der Waals surface area contributed by atoms with Crippen LogP contribution in [0.3, 0.4) is 0 Å². The lowest BCUT2D eigenvalue weighted by molar-refractivity contribution is 0.0987. The molecule has 0 saturated carbocycles. The van der Waals surface area contributed by atoms with E-state index in [0.29, 0.717) is 16.9 Å². The summed E-state index contributed by atoms with van der Waals surface area (Å²) in [5.41, 5.74) is 12.4. The second-order valence-corrected chi connectivity index (χ2v) is 4.15. The molecule has 7 nitrogen and oxygen atoms in total. The molecule has 0 saturated heterocycles. The minimum atomic E-state index is -0.605. The summed E-state index contributed by atoms with van der Waals surface area (Å²) < 4.78 is 5.09. The molecule has 0 spiro atoms. The Balaban J connectivity index is 2.24. The van der Waals surface area contributed by atoms with E-state index in [4.69, 9.17) is 15.9 Å². The van der Waals surface area contributed by atoms with Crippen molar-refractivity contribution in [2.75, 3.05) is 5.32 Å². The highest BCUT2D eigenvalue weighted by molar-refractivity contribution is 6.04. The van der Waals surface area contributed by atoms with Crippen LogP contribution in [0.1, 0.15) is 32.2 Å². The number of rotatable bonds is 4. The molecule has 0 radical (unpaired) electrons. The van der Waals surface area contributed by atoms with E-state index in [0.717, 1.165) is 0 Å². The van der Waals surface area contributed by atoms with Gasteiger partial charge in [-0.1, -0.05) is 0 Å². The number of carbonyl (C=O) groups excluding carboxylic acids is 2. The first kappa shape index (κ1) is 13.8. The summed E-state index contributed by atoms with van der Waals surface area (Å²) in [5.74, 6) is -0.933. The van der Waals surface area contributed by atoms with Crippen LogP contribution in [0.5, 0.6) is 0 Å². The molecule has 0 aromatic carbocycles. The lowest BCUT2D eigenvalue weighted by Gasteiger charge is -2.07. The van der Waals surface area contributed by atoms with Gasteiger partial charge in [0, 0.05) is 12.1 Å². The summed E-state index contributed by atoms with van der Waals surface area (Å²) >= 11 is 0. The van der Waals surface area contributed by atoms with Crippen molar-refractivity contribution < 1.29 is 14.0 Å². The SMILES string of the molecule is Cc1ncc(NC(=O)c2occc2CN)cc1C(N)=O. The number of anilines is 1. The molecule has 0 aliphatic heterocycles. The summed E-state index contributed by atoms with van der Waals surface area (Å²) in [6.07, 6.45) is 2.82. The van der Waals surface area contributed by atoms with Crippen molar-refractivity contribution in [3.8, 4) is 0 Å². The lowest BCUT2D eigenvalue weighted by Crippen LogP contribution is -2.17. The Morgan fingerprint density at radius 2 is 2.20 bits per heavy atom. The normalized spacial score (nSPS) is 10.3. The first-order valence-corrected chi connectivity index (χ1v) is 5.87. The predicted molar refractivity (Wildman–Crippen MR) is 72.0 cm³/mol. The largest absolute Gasteiger partial charge is 0.459 e. The maximum absolute atomic E-state index is 12.0. The molecule has 0 bridgehead atoms. The first-order chi connectivity index (χ1) is 9.52. The van der Waals surface area contributed by atoms with Crippen LogP contribution in [0, 0.1) is 6.92 Å². The van der Waals surface area contributed by atoms with Crippen molar-refractivity contribution in [1.29, 1.82) is 0 Å². The van der Waals surface area contributed by atoms with Crippen molar-refractivity contribution in [2.24, 2.45) is 11.5 Å². The predicted octanol–water partition coefficient (Wildman–Crippen LogP) is 0.793. The zero-order valence-corrected chi connectivity index (χ0v) is 10.8. The van der Waals surface area contributed by atoms with Gasteiger partial charge in [-0.25, -0.2) is 0 Å². The number of nitrogens with one attached hydrogen (secondary N) is 1. The van der Waals surface area contributed by atoms with Gasteiger partial charge in [0.15, 0.2) is 5.76 Å². The number of amides is 2. The summed E-state index contributed by atoms with van der Waals surface area (Å²) in [5, 5.41) is 2.58. The van der Waals surface area contributed by atoms with Crippen LogP contribution in [0.25, 0.3) is 0 Å². The lowest BCUT2D eigenvalue weighted by atomic mass is 10.2. The molecule has 5 N–H and O–H groups in total. The number of carbonyl (C=O) groups is 2. The van der Waals surface area contributed by atoms with Crippen molar-refractivity contribution in [3.63, 3.8) is 0 Å². The molecule has 0 fully saturated rings. The van der Waals surface area contributed by atoms with E-state index in [1.54, 1.807) is 13.0 Å². The number of pyridine rings is 1. The number of hydrogen-bond donors (Lipinski definition) is 3. The maximum Gasteiger partial charge on any atom is 0.291 e. The van der Waals surface area contributed by atoms with E-state index < -0.39 is 11.8 Å².